The molecule has 0 spiro atoms. The molecule has 12 nitrogen and oxygen atoms in total. The summed E-state index contributed by atoms with van der Waals surface area (Å²) in [5.74, 6) is 0.777. The summed E-state index contributed by atoms with van der Waals surface area (Å²) < 4.78 is 18.3. The first-order valence-electron chi connectivity index (χ1n) is 15.3. The van der Waals surface area contributed by atoms with Crippen molar-refractivity contribution in [1.82, 2.24) is 24.8 Å². The lowest BCUT2D eigenvalue weighted by atomic mass is 10.1. The number of anilines is 1. The van der Waals surface area contributed by atoms with E-state index in [1.165, 1.54) is 12.4 Å². The van der Waals surface area contributed by atoms with Crippen LogP contribution in [0.4, 0.5) is 5.69 Å². The molecule has 0 radical (unpaired) electrons. The van der Waals surface area contributed by atoms with Gasteiger partial charge in [-0.15, -0.1) is 0 Å². The number of nitrogens with zero attached hydrogens (tertiary/aromatic N) is 4. The summed E-state index contributed by atoms with van der Waals surface area (Å²) in [5.41, 5.74) is 1.40. The maximum Gasteiger partial charge on any atom is 0.270 e. The predicted octanol–water partition coefficient (Wildman–Crippen LogP) is 4.29. The standard InChI is InChI=1S/C35H34N6O6/c1-45-26-11-7-25(8-12-26)41-23-30(32(42)29-4-2-14-37-33(29)41)34(43)39-24-5-9-27(10-6-24)47-28-13-16-36-31(22-28)35(44)38-15-3-17-40-18-20-46-21-19-40/h2,4-14,16,22-23H,3,15,17-21H2,1H3,(H,38,44)(H,39,43). The second-order valence-electron chi connectivity index (χ2n) is 10.8. The van der Waals surface area contributed by atoms with E-state index >= 15 is 0 Å². The van der Waals surface area contributed by atoms with Gasteiger partial charge in [0.2, 0.25) is 5.43 Å². The molecule has 0 atom stereocenters. The molecular weight excluding hydrogens is 600 g/mol. The number of ether oxygens (including phenoxy) is 3. The van der Waals surface area contributed by atoms with Crippen LogP contribution in [0.1, 0.15) is 27.3 Å². The van der Waals surface area contributed by atoms with Crippen LogP contribution in [-0.4, -0.2) is 77.8 Å². The Kier molecular flexibility index (Phi) is 9.80. The van der Waals surface area contributed by atoms with Gasteiger partial charge in [-0.3, -0.25) is 24.3 Å². The van der Waals surface area contributed by atoms with Gasteiger partial charge in [0.15, 0.2) is 0 Å². The Morgan fingerprint density at radius 2 is 1.66 bits per heavy atom. The number of aromatic nitrogens is 3. The SMILES string of the molecule is COc1ccc(-n2cc(C(=O)Nc3ccc(Oc4ccnc(C(=O)NCCCN5CCOCC5)c4)cc3)c(=O)c3cccnc32)cc1. The van der Waals surface area contributed by atoms with E-state index in [0.29, 0.717) is 46.2 Å². The van der Waals surface area contributed by atoms with Gasteiger partial charge in [-0.1, -0.05) is 0 Å². The molecule has 0 unspecified atom stereocenters. The number of fused-ring (bicyclic) bond motifs is 1. The summed E-state index contributed by atoms with van der Waals surface area (Å²) in [5, 5.41) is 6.03. The molecule has 3 aromatic heterocycles. The molecule has 2 aromatic carbocycles. The molecule has 1 saturated heterocycles. The number of carbonyl (C=O) groups is 2. The summed E-state index contributed by atoms with van der Waals surface area (Å²) in [6.45, 7) is 4.77. The number of amides is 2. The van der Waals surface area contributed by atoms with E-state index in [2.05, 4.69) is 25.5 Å². The summed E-state index contributed by atoms with van der Waals surface area (Å²) >= 11 is 0. The van der Waals surface area contributed by atoms with E-state index in [1.54, 1.807) is 78.5 Å². The summed E-state index contributed by atoms with van der Waals surface area (Å²) in [7, 11) is 1.58. The second-order valence-corrected chi connectivity index (χ2v) is 10.8. The molecule has 6 rings (SSSR count). The minimum absolute atomic E-state index is 0.0367. The molecule has 1 aliphatic heterocycles. The van der Waals surface area contributed by atoms with Gasteiger partial charge in [0, 0.05) is 55.7 Å². The Bertz CT molecular complexity index is 1920. The van der Waals surface area contributed by atoms with Crippen molar-refractivity contribution >= 4 is 28.5 Å². The highest BCUT2D eigenvalue weighted by Gasteiger charge is 2.18. The molecule has 240 valence electrons. The predicted molar refractivity (Wildman–Crippen MR) is 177 cm³/mol. The van der Waals surface area contributed by atoms with Crippen molar-refractivity contribution in [3.8, 4) is 22.9 Å². The molecule has 5 aromatic rings. The van der Waals surface area contributed by atoms with Gasteiger partial charge in [0.25, 0.3) is 11.8 Å². The normalized spacial score (nSPS) is 13.2. The fourth-order valence-corrected chi connectivity index (χ4v) is 5.22. The Balaban J connectivity index is 1.10. The monoisotopic (exact) mass is 634 g/mol. The highest BCUT2D eigenvalue weighted by Crippen LogP contribution is 2.24. The molecule has 0 bridgehead atoms. The zero-order valence-corrected chi connectivity index (χ0v) is 25.8. The number of rotatable bonds is 11. The highest BCUT2D eigenvalue weighted by atomic mass is 16.5. The van der Waals surface area contributed by atoms with Crippen molar-refractivity contribution in [2.24, 2.45) is 0 Å². The maximum absolute atomic E-state index is 13.4. The van der Waals surface area contributed by atoms with E-state index < -0.39 is 11.3 Å². The van der Waals surface area contributed by atoms with Gasteiger partial charge < -0.3 is 29.4 Å². The van der Waals surface area contributed by atoms with E-state index in [4.69, 9.17) is 14.2 Å². The third kappa shape index (κ3) is 7.63. The van der Waals surface area contributed by atoms with E-state index in [9.17, 15) is 14.4 Å². The van der Waals surface area contributed by atoms with Gasteiger partial charge in [-0.05, 0) is 79.7 Å². The van der Waals surface area contributed by atoms with Crippen LogP contribution >= 0.6 is 0 Å². The van der Waals surface area contributed by atoms with E-state index in [-0.39, 0.29) is 17.2 Å². The van der Waals surface area contributed by atoms with Crippen molar-refractivity contribution in [2.45, 2.75) is 6.42 Å². The minimum atomic E-state index is -0.564. The van der Waals surface area contributed by atoms with Crippen LogP contribution in [0.25, 0.3) is 16.7 Å². The minimum Gasteiger partial charge on any atom is -0.497 e. The first-order valence-corrected chi connectivity index (χ1v) is 15.3. The molecule has 1 fully saturated rings. The number of nitrogens with one attached hydrogen (secondary N) is 2. The Hall–Kier alpha value is -5.59. The molecular formula is C35H34N6O6. The van der Waals surface area contributed by atoms with Gasteiger partial charge >= 0.3 is 0 Å². The largest absolute Gasteiger partial charge is 0.497 e. The van der Waals surface area contributed by atoms with Crippen LogP contribution < -0.4 is 25.5 Å². The summed E-state index contributed by atoms with van der Waals surface area (Å²) in [6, 6.07) is 20.5. The first-order chi connectivity index (χ1) is 23.0. The molecule has 4 heterocycles. The van der Waals surface area contributed by atoms with Crippen LogP contribution in [0.5, 0.6) is 17.2 Å². The fraction of sp³-hybridized carbons (Fsp3) is 0.229. The van der Waals surface area contributed by atoms with Crippen molar-refractivity contribution in [3.63, 3.8) is 0 Å². The lowest BCUT2D eigenvalue weighted by Crippen LogP contribution is -2.38. The topological polar surface area (TPSA) is 137 Å². The number of hydrogen-bond acceptors (Lipinski definition) is 9. The number of morpholine rings is 1. The fourth-order valence-electron chi connectivity index (χ4n) is 5.22. The Labute approximate surface area is 270 Å². The molecule has 2 N–H and O–H groups in total. The molecule has 1 aliphatic rings. The van der Waals surface area contributed by atoms with Crippen LogP contribution in [0.3, 0.4) is 0 Å². The van der Waals surface area contributed by atoms with Crippen LogP contribution in [0.2, 0.25) is 0 Å². The lowest BCUT2D eigenvalue weighted by Gasteiger charge is -2.26. The van der Waals surface area contributed by atoms with Gasteiger partial charge in [0.05, 0.1) is 25.7 Å². The van der Waals surface area contributed by atoms with Crippen molar-refractivity contribution < 1.29 is 23.8 Å². The summed E-state index contributed by atoms with van der Waals surface area (Å²) in [6.07, 6.45) is 5.45. The van der Waals surface area contributed by atoms with Crippen molar-refractivity contribution in [1.29, 1.82) is 0 Å². The highest BCUT2D eigenvalue weighted by molar-refractivity contribution is 6.05. The quantitative estimate of drug-likeness (QED) is 0.204. The molecule has 0 aliphatic carbocycles. The Morgan fingerprint density at radius 3 is 2.43 bits per heavy atom. The number of carbonyl (C=O) groups excluding carboxylic acids is 2. The summed E-state index contributed by atoms with van der Waals surface area (Å²) in [4.78, 5) is 50.2. The first kappa shape index (κ1) is 31.4. The van der Waals surface area contributed by atoms with E-state index in [1.807, 2.05) is 12.1 Å². The smallest absolute Gasteiger partial charge is 0.270 e. The molecule has 12 heteroatoms. The third-order valence-electron chi connectivity index (χ3n) is 7.71. The van der Waals surface area contributed by atoms with Gasteiger partial charge in [-0.25, -0.2) is 4.98 Å². The lowest BCUT2D eigenvalue weighted by molar-refractivity contribution is 0.0374. The third-order valence-corrected chi connectivity index (χ3v) is 7.71. The van der Waals surface area contributed by atoms with Gasteiger partial charge in [0.1, 0.15) is 34.2 Å². The van der Waals surface area contributed by atoms with Gasteiger partial charge in [-0.2, -0.15) is 0 Å². The zero-order chi connectivity index (χ0) is 32.6. The molecule has 2 amide bonds. The number of benzene rings is 2. The number of pyridine rings is 3. The molecule has 0 saturated carbocycles. The van der Waals surface area contributed by atoms with Crippen LogP contribution in [0, 0.1) is 0 Å². The Morgan fingerprint density at radius 1 is 0.894 bits per heavy atom. The average Bonchev–Trinajstić information content (AvgIpc) is 3.12. The maximum atomic E-state index is 13.4. The second kappa shape index (κ2) is 14.7. The van der Waals surface area contributed by atoms with E-state index in [0.717, 1.165) is 39.3 Å². The zero-order valence-electron chi connectivity index (χ0n) is 25.8. The van der Waals surface area contributed by atoms with Crippen molar-refractivity contribution in [2.75, 3.05) is 51.8 Å². The van der Waals surface area contributed by atoms with Crippen LogP contribution in [0.15, 0.2) is 96.2 Å². The molecule has 47 heavy (non-hydrogen) atoms. The number of hydrogen-bond donors (Lipinski definition) is 2. The average molecular weight is 635 g/mol. The number of methoxy groups -OCH3 is 1. The van der Waals surface area contributed by atoms with Crippen molar-refractivity contribution in [3.05, 3.63) is 113 Å². The van der Waals surface area contributed by atoms with Crippen LogP contribution in [-0.2, 0) is 4.74 Å².